The van der Waals surface area contributed by atoms with Crippen molar-refractivity contribution in [3.05, 3.63) is 59.3 Å². The van der Waals surface area contributed by atoms with Gasteiger partial charge in [-0.3, -0.25) is 9.59 Å². The van der Waals surface area contributed by atoms with Crippen LogP contribution in [0.5, 0.6) is 0 Å². The fraction of sp³-hybridized carbons (Fsp3) is 0.167. The molecule has 2 aromatic rings. The Bertz CT molecular complexity index is 766. The predicted octanol–water partition coefficient (Wildman–Crippen LogP) is 3.74. The Balaban J connectivity index is 1.53. The van der Waals surface area contributed by atoms with Crippen LogP contribution in [0, 0.1) is 5.92 Å². The molecule has 0 radical (unpaired) electrons. The second-order valence-electron chi connectivity index (χ2n) is 5.57. The molecule has 3 rings (SSSR count). The molecular formula is C18H16ClN3O2. The van der Waals surface area contributed by atoms with Gasteiger partial charge in [0.1, 0.15) is 5.82 Å². The van der Waals surface area contributed by atoms with Gasteiger partial charge in [-0.1, -0.05) is 23.7 Å². The van der Waals surface area contributed by atoms with Crippen LogP contribution >= 0.6 is 11.6 Å². The van der Waals surface area contributed by atoms with Crippen LogP contribution < -0.4 is 10.6 Å². The number of pyridine rings is 1. The zero-order valence-electron chi connectivity index (χ0n) is 12.8. The number of nitrogens with zero attached hydrogens (tertiary/aromatic N) is 1. The number of aromatic nitrogens is 1. The van der Waals surface area contributed by atoms with E-state index >= 15 is 0 Å². The Morgan fingerprint density at radius 3 is 2.46 bits per heavy atom. The average molecular weight is 342 g/mol. The van der Waals surface area contributed by atoms with Crippen LogP contribution in [0.4, 0.5) is 11.5 Å². The van der Waals surface area contributed by atoms with Crippen molar-refractivity contribution in [2.75, 3.05) is 10.6 Å². The number of anilines is 2. The third-order valence-corrected chi connectivity index (χ3v) is 3.78. The van der Waals surface area contributed by atoms with Crippen molar-refractivity contribution < 1.29 is 9.59 Å². The van der Waals surface area contributed by atoms with Crippen LogP contribution in [-0.2, 0) is 9.59 Å². The molecule has 2 amide bonds. The van der Waals surface area contributed by atoms with Gasteiger partial charge in [-0.2, -0.15) is 0 Å². The molecule has 24 heavy (non-hydrogen) atoms. The van der Waals surface area contributed by atoms with Gasteiger partial charge in [0.15, 0.2) is 0 Å². The lowest BCUT2D eigenvalue weighted by atomic mass is 10.2. The first-order valence-corrected chi connectivity index (χ1v) is 7.99. The molecule has 0 atom stereocenters. The van der Waals surface area contributed by atoms with Crippen LogP contribution in [0.3, 0.4) is 0 Å². The lowest BCUT2D eigenvalue weighted by Crippen LogP contribution is -2.14. The number of carbonyl (C=O) groups excluding carboxylic acids is 2. The number of nitrogens with one attached hydrogen (secondary N) is 2. The topological polar surface area (TPSA) is 71.1 Å². The molecule has 0 spiro atoms. The fourth-order valence-corrected chi connectivity index (χ4v) is 2.17. The Morgan fingerprint density at radius 1 is 1.08 bits per heavy atom. The molecule has 0 unspecified atom stereocenters. The van der Waals surface area contributed by atoms with E-state index in [1.54, 1.807) is 30.3 Å². The molecule has 122 valence electrons. The van der Waals surface area contributed by atoms with Crippen LogP contribution in [0.1, 0.15) is 18.4 Å². The van der Waals surface area contributed by atoms with Gasteiger partial charge in [0.2, 0.25) is 11.8 Å². The molecule has 5 nitrogen and oxygen atoms in total. The van der Waals surface area contributed by atoms with E-state index in [9.17, 15) is 9.59 Å². The van der Waals surface area contributed by atoms with Gasteiger partial charge < -0.3 is 10.6 Å². The highest BCUT2D eigenvalue weighted by molar-refractivity contribution is 6.30. The normalized spacial score (nSPS) is 13.7. The highest BCUT2D eigenvalue weighted by atomic mass is 35.5. The Hall–Kier alpha value is -2.66. The lowest BCUT2D eigenvalue weighted by Gasteiger charge is -2.05. The van der Waals surface area contributed by atoms with Crippen molar-refractivity contribution in [2.24, 2.45) is 5.92 Å². The molecule has 0 saturated heterocycles. The summed E-state index contributed by atoms with van der Waals surface area (Å²) in [7, 11) is 0. The molecule has 1 fully saturated rings. The van der Waals surface area contributed by atoms with E-state index in [1.165, 1.54) is 12.3 Å². The molecule has 1 saturated carbocycles. The highest BCUT2D eigenvalue weighted by Gasteiger charge is 2.29. The number of hydrogen-bond donors (Lipinski definition) is 2. The third kappa shape index (κ3) is 4.67. The lowest BCUT2D eigenvalue weighted by molar-refractivity contribution is -0.117. The van der Waals surface area contributed by atoms with Crippen LogP contribution in [-0.4, -0.2) is 16.8 Å². The van der Waals surface area contributed by atoms with Gasteiger partial charge in [-0.15, -0.1) is 0 Å². The first-order chi connectivity index (χ1) is 11.6. The minimum absolute atomic E-state index is 0.00480. The van der Waals surface area contributed by atoms with Gasteiger partial charge in [0.05, 0.1) is 11.9 Å². The standard InChI is InChI=1S/C18H16ClN3O2/c19-14-6-1-12(2-7-14)3-10-17(23)21-15-8-9-16(20-11-15)22-18(24)13-4-5-13/h1-3,6-11,13H,4-5H2,(H,21,23)(H,20,22,24). The summed E-state index contributed by atoms with van der Waals surface area (Å²) >= 11 is 5.81. The van der Waals surface area contributed by atoms with Crippen LogP contribution in [0.2, 0.25) is 5.02 Å². The van der Waals surface area contributed by atoms with E-state index in [4.69, 9.17) is 11.6 Å². The second-order valence-corrected chi connectivity index (χ2v) is 6.01. The third-order valence-electron chi connectivity index (χ3n) is 3.53. The van der Waals surface area contributed by atoms with Crippen molar-refractivity contribution in [1.29, 1.82) is 0 Å². The maximum Gasteiger partial charge on any atom is 0.248 e. The smallest absolute Gasteiger partial charge is 0.248 e. The summed E-state index contributed by atoms with van der Waals surface area (Å²) in [6, 6.07) is 10.5. The van der Waals surface area contributed by atoms with Crippen molar-refractivity contribution in [1.82, 2.24) is 4.98 Å². The maximum absolute atomic E-state index is 11.9. The maximum atomic E-state index is 11.9. The quantitative estimate of drug-likeness (QED) is 0.814. The van der Waals surface area contributed by atoms with E-state index in [0.29, 0.717) is 16.5 Å². The largest absolute Gasteiger partial charge is 0.321 e. The van der Waals surface area contributed by atoms with E-state index in [2.05, 4.69) is 15.6 Å². The van der Waals surface area contributed by atoms with E-state index in [0.717, 1.165) is 18.4 Å². The highest BCUT2D eigenvalue weighted by Crippen LogP contribution is 2.29. The van der Waals surface area contributed by atoms with Crippen LogP contribution in [0.15, 0.2) is 48.7 Å². The summed E-state index contributed by atoms with van der Waals surface area (Å²) in [6.07, 6.45) is 6.53. The monoisotopic (exact) mass is 341 g/mol. The first kappa shape index (κ1) is 16.2. The van der Waals surface area contributed by atoms with Crippen LogP contribution in [0.25, 0.3) is 6.08 Å². The number of amides is 2. The van der Waals surface area contributed by atoms with Gasteiger partial charge in [0, 0.05) is 17.0 Å². The number of carbonyl (C=O) groups is 2. The minimum atomic E-state index is -0.262. The second kappa shape index (κ2) is 7.27. The van der Waals surface area contributed by atoms with Gasteiger partial charge in [-0.05, 0) is 48.7 Å². The summed E-state index contributed by atoms with van der Waals surface area (Å²) < 4.78 is 0. The molecule has 6 heteroatoms. The Morgan fingerprint density at radius 2 is 1.83 bits per heavy atom. The molecule has 1 aromatic heterocycles. The Kier molecular flexibility index (Phi) is 4.91. The number of halogens is 1. The first-order valence-electron chi connectivity index (χ1n) is 7.62. The molecule has 1 aliphatic carbocycles. The molecule has 1 aromatic carbocycles. The predicted molar refractivity (Wildman–Crippen MR) is 94.7 cm³/mol. The van der Waals surface area contributed by atoms with Crippen molar-refractivity contribution in [2.45, 2.75) is 12.8 Å². The summed E-state index contributed by atoms with van der Waals surface area (Å²) in [6.45, 7) is 0. The molecule has 2 N–H and O–H groups in total. The van der Waals surface area contributed by atoms with Crippen molar-refractivity contribution in [3.8, 4) is 0 Å². The number of hydrogen-bond acceptors (Lipinski definition) is 3. The van der Waals surface area contributed by atoms with Crippen molar-refractivity contribution in [3.63, 3.8) is 0 Å². The van der Waals surface area contributed by atoms with Gasteiger partial charge >= 0.3 is 0 Å². The Labute approximate surface area is 144 Å². The SMILES string of the molecule is O=C(C=Cc1ccc(Cl)cc1)Nc1ccc(NC(=O)C2CC2)nc1. The van der Waals surface area contributed by atoms with Gasteiger partial charge in [0.25, 0.3) is 0 Å². The molecule has 1 heterocycles. The summed E-state index contributed by atoms with van der Waals surface area (Å²) in [4.78, 5) is 27.7. The number of rotatable bonds is 5. The molecule has 0 bridgehead atoms. The van der Waals surface area contributed by atoms with Crippen molar-refractivity contribution >= 4 is 41.0 Å². The molecule has 1 aliphatic rings. The number of benzene rings is 1. The zero-order valence-corrected chi connectivity index (χ0v) is 13.6. The fourth-order valence-electron chi connectivity index (χ4n) is 2.05. The molecule has 0 aliphatic heterocycles. The minimum Gasteiger partial charge on any atom is -0.321 e. The summed E-state index contributed by atoms with van der Waals surface area (Å²) in [5, 5.41) is 6.11. The van der Waals surface area contributed by atoms with E-state index in [1.807, 2.05) is 12.1 Å². The van der Waals surface area contributed by atoms with E-state index < -0.39 is 0 Å². The summed E-state index contributed by atoms with van der Waals surface area (Å²) in [5.74, 6) is 0.359. The van der Waals surface area contributed by atoms with Gasteiger partial charge in [-0.25, -0.2) is 4.98 Å². The zero-order chi connectivity index (χ0) is 16.9. The van der Waals surface area contributed by atoms with E-state index in [-0.39, 0.29) is 17.7 Å². The average Bonchev–Trinajstić information content (AvgIpc) is 3.41. The molecular weight excluding hydrogens is 326 g/mol. The summed E-state index contributed by atoms with van der Waals surface area (Å²) in [5.41, 5.74) is 1.44.